The monoisotopic (exact) mass is 254 g/mol. The van der Waals surface area contributed by atoms with Crippen LogP contribution in [-0.2, 0) is 9.53 Å². The minimum atomic E-state index is -0.585. The van der Waals surface area contributed by atoms with Gasteiger partial charge in [0.05, 0.1) is 5.02 Å². The fraction of sp³-hybridized carbons (Fsp3) is 0.385. The molecular formula is C13H15ClO3. The first kappa shape index (κ1) is 13.7. The van der Waals surface area contributed by atoms with Crippen molar-refractivity contribution < 1.29 is 14.3 Å². The molecule has 0 atom stereocenters. The zero-order chi connectivity index (χ0) is 13.1. The van der Waals surface area contributed by atoms with Crippen molar-refractivity contribution in [2.24, 2.45) is 0 Å². The lowest BCUT2D eigenvalue weighted by Gasteiger charge is -2.19. The Labute approximate surface area is 106 Å². The van der Waals surface area contributed by atoms with E-state index in [1.54, 1.807) is 45.0 Å². The van der Waals surface area contributed by atoms with E-state index in [1.807, 2.05) is 0 Å². The number of Topliss-reactive ketones (excluding diaryl/α,β-unsaturated/α-hetero) is 1. The summed E-state index contributed by atoms with van der Waals surface area (Å²) in [6.45, 7) is 5.26. The van der Waals surface area contributed by atoms with Crippen LogP contribution in [-0.4, -0.2) is 17.4 Å². The van der Waals surface area contributed by atoms with Gasteiger partial charge in [-0.05, 0) is 32.9 Å². The first-order valence-corrected chi connectivity index (χ1v) is 5.67. The van der Waals surface area contributed by atoms with Crippen molar-refractivity contribution in [2.75, 3.05) is 0 Å². The maximum atomic E-state index is 11.8. The molecular weight excluding hydrogens is 240 g/mol. The van der Waals surface area contributed by atoms with E-state index in [-0.39, 0.29) is 12.2 Å². The van der Waals surface area contributed by atoms with Gasteiger partial charge in [0.2, 0.25) is 0 Å². The molecule has 0 aliphatic heterocycles. The van der Waals surface area contributed by atoms with Crippen LogP contribution in [0.25, 0.3) is 0 Å². The third kappa shape index (κ3) is 4.57. The predicted octanol–water partition coefficient (Wildman–Crippen LogP) is 3.25. The Kier molecular flexibility index (Phi) is 4.29. The summed E-state index contributed by atoms with van der Waals surface area (Å²) in [4.78, 5) is 23.2. The van der Waals surface area contributed by atoms with Crippen molar-refractivity contribution >= 4 is 23.4 Å². The Morgan fingerprint density at radius 3 is 2.35 bits per heavy atom. The number of ether oxygens (including phenoxy) is 1. The Balaban J connectivity index is 2.68. The summed E-state index contributed by atoms with van der Waals surface area (Å²) in [5.41, 5.74) is -0.238. The molecule has 0 heterocycles. The largest absolute Gasteiger partial charge is 0.460 e. The van der Waals surface area contributed by atoms with Gasteiger partial charge in [-0.25, -0.2) is 0 Å². The van der Waals surface area contributed by atoms with E-state index in [1.165, 1.54) is 0 Å². The van der Waals surface area contributed by atoms with Crippen molar-refractivity contribution in [2.45, 2.75) is 32.8 Å². The van der Waals surface area contributed by atoms with Crippen molar-refractivity contribution in [3.8, 4) is 0 Å². The maximum Gasteiger partial charge on any atom is 0.314 e. The SMILES string of the molecule is CC(C)(C)OC(=O)CC(=O)c1ccccc1Cl. The summed E-state index contributed by atoms with van der Waals surface area (Å²) < 4.78 is 5.07. The van der Waals surface area contributed by atoms with Gasteiger partial charge in [0.25, 0.3) is 0 Å². The standard InChI is InChI=1S/C13H15ClO3/c1-13(2,3)17-12(16)8-11(15)9-6-4-5-7-10(9)14/h4-7H,8H2,1-3H3. The number of carbonyl (C=O) groups excluding carboxylic acids is 2. The molecule has 0 spiro atoms. The molecule has 3 nitrogen and oxygen atoms in total. The van der Waals surface area contributed by atoms with Crippen LogP contribution in [0.3, 0.4) is 0 Å². The first-order valence-electron chi connectivity index (χ1n) is 5.29. The van der Waals surface area contributed by atoms with Crippen LogP contribution < -0.4 is 0 Å². The predicted molar refractivity (Wildman–Crippen MR) is 66.2 cm³/mol. The van der Waals surface area contributed by atoms with E-state index in [2.05, 4.69) is 0 Å². The van der Waals surface area contributed by atoms with E-state index < -0.39 is 11.6 Å². The highest BCUT2D eigenvalue weighted by Crippen LogP contribution is 2.17. The Hall–Kier alpha value is -1.35. The zero-order valence-corrected chi connectivity index (χ0v) is 10.9. The Morgan fingerprint density at radius 2 is 1.82 bits per heavy atom. The van der Waals surface area contributed by atoms with E-state index in [0.717, 1.165) is 0 Å². The smallest absolute Gasteiger partial charge is 0.314 e. The number of hydrogen-bond donors (Lipinski definition) is 0. The number of benzene rings is 1. The summed E-state index contributed by atoms with van der Waals surface area (Å²) in [5, 5.41) is 0.348. The van der Waals surface area contributed by atoms with Gasteiger partial charge < -0.3 is 4.74 Å². The van der Waals surface area contributed by atoms with Gasteiger partial charge in [-0.2, -0.15) is 0 Å². The number of rotatable bonds is 3. The van der Waals surface area contributed by atoms with Gasteiger partial charge in [-0.3, -0.25) is 9.59 Å². The second-order valence-corrected chi connectivity index (χ2v) is 5.07. The summed E-state index contributed by atoms with van der Waals surface area (Å²) in [5.74, 6) is -0.868. The lowest BCUT2D eigenvalue weighted by Crippen LogP contribution is -2.25. The lowest BCUT2D eigenvalue weighted by molar-refractivity contribution is -0.153. The summed E-state index contributed by atoms with van der Waals surface area (Å²) in [6.07, 6.45) is -0.291. The van der Waals surface area contributed by atoms with Gasteiger partial charge in [0.15, 0.2) is 5.78 Å². The van der Waals surface area contributed by atoms with Gasteiger partial charge >= 0.3 is 5.97 Å². The van der Waals surface area contributed by atoms with Crippen molar-refractivity contribution in [1.82, 2.24) is 0 Å². The lowest BCUT2D eigenvalue weighted by atomic mass is 10.1. The summed E-state index contributed by atoms with van der Waals surface area (Å²) in [6, 6.07) is 6.64. The summed E-state index contributed by atoms with van der Waals surface area (Å²) >= 11 is 5.86. The molecule has 1 aromatic carbocycles. The number of halogens is 1. The van der Waals surface area contributed by atoms with Crippen molar-refractivity contribution in [1.29, 1.82) is 0 Å². The van der Waals surface area contributed by atoms with E-state index in [4.69, 9.17) is 16.3 Å². The van der Waals surface area contributed by atoms with Crippen molar-refractivity contribution in [3.63, 3.8) is 0 Å². The number of hydrogen-bond acceptors (Lipinski definition) is 3. The average molecular weight is 255 g/mol. The molecule has 4 heteroatoms. The van der Waals surface area contributed by atoms with Gasteiger partial charge in [0, 0.05) is 5.56 Å². The van der Waals surface area contributed by atoms with Crippen molar-refractivity contribution in [3.05, 3.63) is 34.9 Å². The molecule has 92 valence electrons. The molecule has 1 rings (SSSR count). The minimum absolute atomic E-state index is 0.291. The van der Waals surface area contributed by atoms with Gasteiger partial charge in [0.1, 0.15) is 12.0 Å². The molecule has 0 unspecified atom stereocenters. The Bertz CT molecular complexity index is 433. The minimum Gasteiger partial charge on any atom is -0.460 e. The number of esters is 1. The van der Waals surface area contributed by atoms with Crippen LogP contribution in [0.5, 0.6) is 0 Å². The van der Waals surface area contributed by atoms with Crippen LogP contribution in [0.1, 0.15) is 37.6 Å². The second-order valence-electron chi connectivity index (χ2n) is 4.67. The molecule has 0 radical (unpaired) electrons. The van der Waals surface area contributed by atoms with E-state index >= 15 is 0 Å². The molecule has 0 aliphatic carbocycles. The highest BCUT2D eigenvalue weighted by molar-refractivity contribution is 6.34. The molecule has 0 saturated carbocycles. The van der Waals surface area contributed by atoms with Crippen LogP contribution >= 0.6 is 11.6 Å². The molecule has 0 amide bonds. The third-order valence-corrected chi connectivity index (χ3v) is 2.23. The van der Waals surface area contributed by atoms with E-state index in [0.29, 0.717) is 10.6 Å². The normalized spacial score (nSPS) is 11.1. The van der Waals surface area contributed by atoms with Crippen LogP contribution in [0.2, 0.25) is 5.02 Å². The Morgan fingerprint density at radius 1 is 1.24 bits per heavy atom. The molecule has 0 N–H and O–H groups in total. The zero-order valence-electron chi connectivity index (χ0n) is 10.1. The maximum absolute atomic E-state index is 11.8. The summed E-state index contributed by atoms with van der Waals surface area (Å²) in [7, 11) is 0. The quantitative estimate of drug-likeness (QED) is 0.472. The van der Waals surface area contributed by atoms with Crippen LogP contribution in [0.4, 0.5) is 0 Å². The topological polar surface area (TPSA) is 43.4 Å². The van der Waals surface area contributed by atoms with Gasteiger partial charge in [-0.15, -0.1) is 0 Å². The second kappa shape index (κ2) is 5.32. The molecule has 0 fully saturated rings. The van der Waals surface area contributed by atoms with E-state index in [9.17, 15) is 9.59 Å². The molecule has 0 aliphatic rings. The molecule has 1 aromatic rings. The highest BCUT2D eigenvalue weighted by Gasteiger charge is 2.20. The third-order valence-electron chi connectivity index (χ3n) is 1.90. The number of ketones is 1. The molecule has 0 aromatic heterocycles. The average Bonchev–Trinajstić information content (AvgIpc) is 2.14. The van der Waals surface area contributed by atoms with Gasteiger partial charge in [-0.1, -0.05) is 23.7 Å². The highest BCUT2D eigenvalue weighted by atomic mass is 35.5. The fourth-order valence-electron chi connectivity index (χ4n) is 1.29. The molecule has 0 bridgehead atoms. The van der Waals surface area contributed by atoms with Crippen LogP contribution in [0.15, 0.2) is 24.3 Å². The van der Waals surface area contributed by atoms with Crippen LogP contribution in [0, 0.1) is 0 Å². The first-order chi connectivity index (χ1) is 7.79. The fourth-order valence-corrected chi connectivity index (χ4v) is 1.53. The number of carbonyl (C=O) groups is 2. The molecule has 17 heavy (non-hydrogen) atoms. The molecule has 0 saturated heterocycles.